The van der Waals surface area contributed by atoms with E-state index in [0.29, 0.717) is 12.1 Å². The van der Waals surface area contributed by atoms with Crippen LogP contribution in [-0.2, 0) is 11.3 Å². The Balaban J connectivity index is 1.52. The minimum atomic E-state index is 0.401. The van der Waals surface area contributed by atoms with Crippen molar-refractivity contribution in [2.24, 2.45) is 0 Å². The van der Waals surface area contributed by atoms with Crippen LogP contribution in [-0.4, -0.2) is 32.3 Å². The molecular weight excluding hydrogens is 260 g/mol. The Bertz CT molecular complexity index is 425. The molecule has 1 aromatic rings. The summed E-state index contributed by atoms with van der Waals surface area (Å²) in [5.74, 6) is 0. The van der Waals surface area contributed by atoms with E-state index in [2.05, 4.69) is 34.5 Å². The molecule has 0 spiro atoms. The van der Waals surface area contributed by atoms with Gasteiger partial charge in [-0.05, 0) is 56.2 Å². The highest BCUT2D eigenvalue weighted by atomic mass is 16.5. The summed E-state index contributed by atoms with van der Waals surface area (Å²) >= 11 is 0. The molecule has 1 N–H and O–H groups in total. The zero-order chi connectivity index (χ0) is 14.5. The first kappa shape index (κ1) is 14.9. The lowest BCUT2D eigenvalue weighted by Crippen LogP contribution is -2.36. The van der Waals surface area contributed by atoms with Gasteiger partial charge in [0.2, 0.25) is 0 Å². The van der Waals surface area contributed by atoms with E-state index in [4.69, 9.17) is 4.74 Å². The molecule has 1 aromatic carbocycles. The number of benzene rings is 1. The SMILES string of the molecule is COC1CCCC1NCc1ccc(N2CCCCC2)cc1. The lowest BCUT2D eigenvalue weighted by Gasteiger charge is -2.29. The molecule has 1 heterocycles. The summed E-state index contributed by atoms with van der Waals surface area (Å²) in [4.78, 5) is 2.51. The minimum Gasteiger partial charge on any atom is -0.380 e. The second-order valence-corrected chi connectivity index (χ2v) is 6.41. The summed E-state index contributed by atoms with van der Waals surface area (Å²) in [6, 6.07) is 9.63. The molecule has 0 bridgehead atoms. The Morgan fingerprint density at radius 3 is 2.52 bits per heavy atom. The molecule has 1 aliphatic heterocycles. The summed E-state index contributed by atoms with van der Waals surface area (Å²) in [6.07, 6.45) is 8.18. The first-order valence-electron chi connectivity index (χ1n) is 8.47. The number of hydrogen-bond acceptors (Lipinski definition) is 3. The molecule has 2 fully saturated rings. The Kier molecular flexibility index (Phi) is 5.15. The lowest BCUT2D eigenvalue weighted by molar-refractivity contribution is 0.0847. The molecule has 1 aliphatic carbocycles. The zero-order valence-electron chi connectivity index (χ0n) is 13.2. The number of rotatable bonds is 5. The van der Waals surface area contributed by atoms with Gasteiger partial charge in [-0.25, -0.2) is 0 Å². The fourth-order valence-corrected chi connectivity index (χ4v) is 3.67. The monoisotopic (exact) mass is 288 g/mol. The van der Waals surface area contributed by atoms with Crippen molar-refractivity contribution < 1.29 is 4.74 Å². The van der Waals surface area contributed by atoms with Crippen LogP contribution in [0.5, 0.6) is 0 Å². The molecule has 3 nitrogen and oxygen atoms in total. The van der Waals surface area contributed by atoms with Crippen molar-refractivity contribution in [3.05, 3.63) is 29.8 Å². The third-order valence-corrected chi connectivity index (χ3v) is 4.98. The number of hydrogen-bond donors (Lipinski definition) is 1. The molecule has 0 radical (unpaired) electrons. The minimum absolute atomic E-state index is 0.401. The van der Waals surface area contributed by atoms with Gasteiger partial charge >= 0.3 is 0 Å². The van der Waals surface area contributed by atoms with Gasteiger partial charge in [0.25, 0.3) is 0 Å². The summed E-state index contributed by atoms with van der Waals surface area (Å²) in [7, 11) is 1.83. The number of anilines is 1. The molecule has 1 saturated carbocycles. The normalized spacial score (nSPS) is 26.2. The summed E-state index contributed by atoms with van der Waals surface area (Å²) < 4.78 is 5.54. The summed E-state index contributed by atoms with van der Waals surface area (Å²) in [6.45, 7) is 3.38. The van der Waals surface area contributed by atoms with E-state index in [1.165, 1.54) is 62.9 Å². The van der Waals surface area contributed by atoms with Crippen LogP contribution in [0.25, 0.3) is 0 Å². The van der Waals surface area contributed by atoms with Crippen molar-refractivity contribution in [1.29, 1.82) is 0 Å². The molecule has 21 heavy (non-hydrogen) atoms. The Morgan fingerprint density at radius 2 is 1.81 bits per heavy atom. The molecule has 3 rings (SSSR count). The van der Waals surface area contributed by atoms with Crippen LogP contribution in [0.3, 0.4) is 0 Å². The third-order valence-electron chi connectivity index (χ3n) is 4.98. The van der Waals surface area contributed by atoms with Crippen molar-refractivity contribution in [3.63, 3.8) is 0 Å². The first-order valence-corrected chi connectivity index (χ1v) is 8.47. The smallest absolute Gasteiger partial charge is 0.0724 e. The number of nitrogens with one attached hydrogen (secondary N) is 1. The van der Waals surface area contributed by atoms with Crippen LogP contribution in [0.15, 0.2) is 24.3 Å². The summed E-state index contributed by atoms with van der Waals surface area (Å²) in [5.41, 5.74) is 2.76. The van der Waals surface area contributed by atoms with Gasteiger partial charge in [0.1, 0.15) is 0 Å². The van der Waals surface area contributed by atoms with Crippen LogP contribution < -0.4 is 10.2 Å². The number of piperidine rings is 1. The van der Waals surface area contributed by atoms with Crippen LogP contribution in [0, 0.1) is 0 Å². The highest BCUT2D eigenvalue weighted by molar-refractivity contribution is 5.47. The molecule has 1 saturated heterocycles. The molecular formula is C18H28N2O. The van der Waals surface area contributed by atoms with Gasteiger partial charge < -0.3 is 15.0 Å². The zero-order valence-corrected chi connectivity index (χ0v) is 13.2. The van der Waals surface area contributed by atoms with E-state index in [9.17, 15) is 0 Å². The fourth-order valence-electron chi connectivity index (χ4n) is 3.67. The molecule has 3 heteroatoms. The average molecular weight is 288 g/mol. The van der Waals surface area contributed by atoms with Crippen molar-refractivity contribution >= 4 is 5.69 Å². The average Bonchev–Trinajstić information content (AvgIpc) is 3.02. The second-order valence-electron chi connectivity index (χ2n) is 6.41. The van der Waals surface area contributed by atoms with Gasteiger partial charge in [-0.15, -0.1) is 0 Å². The van der Waals surface area contributed by atoms with E-state index in [0.717, 1.165) is 6.54 Å². The molecule has 0 amide bonds. The second kappa shape index (κ2) is 7.28. The van der Waals surface area contributed by atoms with Crippen molar-refractivity contribution in [1.82, 2.24) is 5.32 Å². The van der Waals surface area contributed by atoms with E-state index < -0.39 is 0 Å². The maximum absolute atomic E-state index is 5.54. The van der Waals surface area contributed by atoms with Crippen LogP contribution >= 0.6 is 0 Å². The Hall–Kier alpha value is -1.06. The molecule has 0 aromatic heterocycles. The highest BCUT2D eigenvalue weighted by Gasteiger charge is 2.26. The summed E-state index contributed by atoms with van der Waals surface area (Å²) in [5, 5.41) is 3.66. The standard InChI is InChI=1S/C18H28N2O/c1-21-18-7-5-6-17(18)19-14-15-8-10-16(11-9-15)20-12-3-2-4-13-20/h8-11,17-19H,2-7,12-14H2,1H3. The first-order chi connectivity index (χ1) is 10.4. The van der Waals surface area contributed by atoms with Gasteiger partial charge in [-0.3, -0.25) is 0 Å². The lowest BCUT2D eigenvalue weighted by atomic mass is 10.1. The van der Waals surface area contributed by atoms with Crippen LogP contribution in [0.2, 0.25) is 0 Å². The Labute approximate surface area is 128 Å². The third kappa shape index (κ3) is 3.78. The van der Waals surface area contributed by atoms with E-state index in [1.54, 1.807) is 0 Å². The number of methoxy groups -OCH3 is 1. The van der Waals surface area contributed by atoms with Gasteiger partial charge in [-0.2, -0.15) is 0 Å². The van der Waals surface area contributed by atoms with Crippen LogP contribution in [0.4, 0.5) is 5.69 Å². The van der Waals surface area contributed by atoms with E-state index in [-0.39, 0.29) is 0 Å². The van der Waals surface area contributed by atoms with Gasteiger partial charge in [0.05, 0.1) is 6.10 Å². The van der Waals surface area contributed by atoms with Gasteiger partial charge in [-0.1, -0.05) is 12.1 Å². The number of nitrogens with zero attached hydrogens (tertiary/aromatic N) is 1. The van der Waals surface area contributed by atoms with Gasteiger partial charge in [0.15, 0.2) is 0 Å². The maximum Gasteiger partial charge on any atom is 0.0724 e. The Morgan fingerprint density at radius 1 is 1.05 bits per heavy atom. The van der Waals surface area contributed by atoms with Crippen molar-refractivity contribution in [2.45, 2.75) is 57.2 Å². The topological polar surface area (TPSA) is 24.5 Å². The highest BCUT2D eigenvalue weighted by Crippen LogP contribution is 2.23. The van der Waals surface area contributed by atoms with Gasteiger partial charge in [0, 0.05) is 38.5 Å². The largest absolute Gasteiger partial charge is 0.380 e. The predicted octanol–water partition coefficient (Wildman–Crippen LogP) is 3.33. The van der Waals surface area contributed by atoms with Crippen molar-refractivity contribution in [3.8, 4) is 0 Å². The quantitative estimate of drug-likeness (QED) is 0.899. The fraction of sp³-hybridized carbons (Fsp3) is 0.667. The predicted molar refractivity (Wildman–Crippen MR) is 87.8 cm³/mol. The molecule has 116 valence electrons. The molecule has 2 atom stereocenters. The van der Waals surface area contributed by atoms with Crippen molar-refractivity contribution in [2.75, 3.05) is 25.1 Å². The molecule has 2 aliphatic rings. The van der Waals surface area contributed by atoms with E-state index in [1.807, 2.05) is 7.11 Å². The number of ether oxygens (including phenoxy) is 1. The van der Waals surface area contributed by atoms with Crippen LogP contribution in [0.1, 0.15) is 44.1 Å². The molecule has 2 unspecified atom stereocenters. The van der Waals surface area contributed by atoms with E-state index >= 15 is 0 Å². The maximum atomic E-state index is 5.54.